The van der Waals surface area contributed by atoms with E-state index >= 15 is 0 Å². The molecule has 1 heterocycles. The molecule has 4 fully saturated rings. The smallest absolute Gasteiger partial charge is 0.378 e. The van der Waals surface area contributed by atoms with Gasteiger partial charge in [-0.2, -0.15) is 13.2 Å². The summed E-state index contributed by atoms with van der Waals surface area (Å²) in [6.45, 7) is 3.15. The summed E-state index contributed by atoms with van der Waals surface area (Å²) in [5.41, 5.74) is 0. The first kappa shape index (κ1) is 30.4. The van der Waals surface area contributed by atoms with Gasteiger partial charge in [0.15, 0.2) is 0 Å². The Kier molecular flexibility index (Phi) is 11.9. The lowest BCUT2D eigenvalue weighted by atomic mass is 9.70. The van der Waals surface area contributed by atoms with Crippen LogP contribution in [0.2, 0.25) is 0 Å². The molecule has 0 spiro atoms. The van der Waals surface area contributed by atoms with Crippen molar-refractivity contribution in [3.63, 3.8) is 0 Å². The Morgan fingerprint density at radius 1 is 0.658 bits per heavy atom. The van der Waals surface area contributed by atoms with E-state index in [4.69, 9.17) is 4.74 Å². The zero-order chi connectivity index (χ0) is 27.0. The standard InChI is InChI=1S/C33H54F4O/c1-2-3-4-5-24-6-8-25(9-7-24)10-11-26-12-14-27(15-13-26)30-20-21-32(38-23-30)29-18-16-28(17-19-29)31(34)22-33(35,36)37/h22,24-30,32H,2-21,23H2,1H3/b31-22-. The first-order valence-electron chi connectivity index (χ1n) is 16.4. The lowest BCUT2D eigenvalue weighted by Gasteiger charge is -2.41. The molecule has 0 amide bonds. The average molecular weight is 543 g/mol. The van der Waals surface area contributed by atoms with Crippen LogP contribution in [0.15, 0.2) is 11.9 Å². The maximum absolute atomic E-state index is 14.0. The molecule has 1 nitrogen and oxygen atoms in total. The van der Waals surface area contributed by atoms with Crippen LogP contribution in [0.5, 0.6) is 0 Å². The van der Waals surface area contributed by atoms with Crippen molar-refractivity contribution in [3.8, 4) is 0 Å². The summed E-state index contributed by atoms with van der Waals surface area (Å²) in [5, 5.41) is 0. The van der Waals surface area contributed by atoms with Crippen molar-refractivity contribution in [1.29, 1.82) is 0 Å². The van der Waals surface area contributed by atoms with Gasteiger partial charge in [-0.3, -0.25) is 0 Å². The van der Waals surface area contributed by atoms with Crippen LogP contribution in [0.25, 0.3) is 0 Å². The number of allylic oxidation sites excluding steroid dienone is 2. The third-order valence-corrected chi connectivity index (χ3v) is 11.1. The SMILES string of the molecule is CCCCCC1CCC(CCC2CCC(C3CCC(C4CCC(/C(F)=C/C(F)(F)F)CC4)OC3)CC2)CC1. The van der Waals surface area contributed by atoms with E-state index in [1.54, 1.807) is 0 Å². The van der Waals surface area contributed by atoms with E-state index in [0.717, 1.165) is 49.5 Å². The number of hydrogen-bond donors (Lipinski definition) is 0. The van der Waals surface area contributed by atoms with Gasteiger partial charge >= 0.3 is 6.18 Å². The van der Waals surface area contributed by atoms with Crippen LogP contribution >= 0.6 is 0 Å². The topological polar surface area (TPSA) is 9.23 Å². The zero-order valence-electron chi connectivity index (χ0n) is 24.0. The molecule has 2 atom stereocenters. The van der Waals surface area contributed by atoms with E-state index in [2.05, 4.69) is 6.92 Å². The third-order valence-electron chi connectivity index (χ3n) is 11.1. The van der Waals surface area contributed by atoms with E-state index in [9.17, 15) is 17.6 Å². The van der Waals surface area contributed by atoms with Gasteiger partial charge in [0.05, 0.1) is 18.8 Å². The van der Waals surface area contributed by atoms with Gasteiger partial charge in [0.1, 0.15) is 5.83 Å². The molecule has 0 aromatic carbocycles. The summed E-state index contributed by atoms with van der Waals surface area (Å²) in [6, 6.07) is 0. The Hall–Kier alpha value is -0.580. The molecule has 1 saturated heterocycles. The van der Waals surface area contributed by atoms with Crippen LogP contribution in [0, 0.1) is 41.4 Å². The molecule has 2 unspecified atom stereocenters. The van der Waals surface area contributed by atoms with Crippen molar-refractivity contribution in [2.45, 2.75) is 148 Å². The van der Waals surface area contributed by atoms with Gasteiger partial charge in [0.2, 0.25) is 0 Å². The van der Waals surface area contributed by atoms with Crippen molar-refractivity contribution in [3.05, 3.63) is 11.9 Å². The van der Waals surface area contributed by atoms with Crippen molar-refractivity contribution >= 4 is 0 Å². The monoisotopic (exact) mass is 542 g/mol. The van der Waals surface area contributed by atoms with E-state index in [-0.39, 0.29) is 12.2 Å². The molecule has 0 bridgehead atoms. The molecule has 220 valence electrons. The molecule has 0 N–H and O–H groups in total. The molecule has 3 aliphatic carbocycles. The number of hydrogen-bond acceptors (Lipinski definition) is 1. The Morgan fingerprint density at radius 3 is 1.71 bits per heavy atom. The zero-order valence-corrected chi connectivity index (χ0v) is 24.0. The van der Waals surface area contributed by atoms with Crippen molar-refractivity contribution in [2.75, 3.05) is 6.61 Å². The number of halogens is 4. The second kappa shape index (κ2) is 14.9. The Bertz CT molecular complexity index is 686. The fourth-order valence-corrected chi connectivity index (χ4v) is 8.49. The molecule has 5 heteroatoms. The average Bonchev–Trinajstić information content (AvgIpc) is 2.92. The summed E-state index contributed by atoms with van der Waals surface area (Å²) in [6.07, 6.45) is 20.4. The second-order valence-corrected chi connectivity index (χ2v) is 13.6. The molecular formula is C33H54F4O. The molecule has 4 aliphatic rings. The highest BCUT2D eigenvalue weighted by molar-refractivity contribution is 5.03. The summed E-state index contributed by atoms with van der Waals surface area (Å²) in [4.78, 5) is 0. The highest BCUT2D eigenvalue weighted by atomic mass is 19.4. The van der Waals surface area contributed by atoms with Gasteiger partial charge in [-0.15, -0.1) is 0 Å². The maximum atomic E-state index is 14.0. The molecule has 0 aromatic rings. The normalized spacial score (nSPS) is 37.8. The number of unbranched alkanes of at least 4 members (excludes halogenated alkanes) is 2. The molecule has 0 radical (unpaired) electrons. The quantitative estimate of drug-likeness (QED) is 0.197. The first-order valence-corrected chi connectivity index (χ1v) is 16.4. The summed E-state index contributed by atoms with van der Waals surface area (Å²) in [5.74, 6) is 3.27. The second-order valence-electron chi connectivity index (χ2n) is 13.6. The Labute approximate surface area is 229 Å². The van der Waals surface area contributed by atoms with E-state index < -0.39 is 17.9 Å². The number of ether oxygens (including phenoxy) is 1. The third kappa shape index (κ3) is 9.51. The first-order chi connectivity index (χ1) is 18.3. The van der Waals surface area contributed by atoms with E-state index in [1.807, 2.05) is 0 Å². The van der Waals surface area contributed by atoms with Crippen molar-refractivity contribution < 1.29 is 22.3 Å². The summed E-state index contributed by atoms with van der Waals surface area (Å²) in [7, 11) is 0. The number of alkyl halides is 3. The van der Waals surface area contributed by atoms with Crippen LogP contribution in [-0.2, 0) is 4.74 Å². The highest BCUT2D eigenvalue weighted by Crippen LogP contribution is 2.44. The molecule has 1 aliphatic heterocycles. The van der Waals surface area contributed by atoms with Crippen LogP contribution in [0.4, 0.5) is 17.6 Å². The molecule has 38 heavy (non-hydrogen) atoms. The minimum Gasteiger partial charge on any atom is -0.378 e. The number of rotatable bonds is 10. The summed E-state index contributed by atoms with van der Waals surface area (Å²) < 4.78 is 57.7. The lowest BCUT2D eigenvalue weighted by molar-refractivity contribution is -0.0832. The Morgan fingerprint density at radius 2 is 1.18 bits per heavy atom. The molecule has 0 aromatic heterocycles. The molecule has 3 saturated carbocycles. The van der Waals surface area contributed by atoms with Crippen LogP contribution in [-0.4, -0.2) is 18.9 Å². The predicted molar refractivity (Wildman–Crippen MR) is 147 cm³/mol. The van der Waals surface area contributed by atoms with Crippen LogP contribution in [0.3, 0.4) is 0 Å². The van der Waals surface area contributed by atoms with Crippen molar-refractivity contribution in [2.24, 2.45) is 41.4 Å². The van der Waals surface area contributed by atoms with Crippen LogP contribution in [0.1, 0.15) is 135 Å². The van der Waals surface area contributed by atoms with Gasteiger partial charge in [-0.25, -0.2) is 4.39 Å². The van der Waals surface area contributed by atoms with Gasteiger partial charge in [-0.1, -0.05) is 84.0 Å². The predicted octanol–water partition coefficient (Wildman–Crippen LogP) is 11.0. The molecule has 4 rings (SSSR count). The van der Waals surface area contributed by atoms with E-state index in [1.165, 1.54) is 96.3 Å². The summed E-state index contributed by atoms with van der Waals surface area (Å²) >= 11 is 0. The van der Waals surface area contributed by atoms with E-state index in [0.29, 0.717) is 24.7 Å². The van der Waals surface area contributed by atoms with Gasteiger partial charge < -0.3 is 4.74 Å². The van der Waals surface area contributed by atoms with Gasteiger partial charge in [0, 0.05) is 5.92 Å². The minimum absolute atomic E-state index is 0.144. The van der Waals surface area contributed by atoms with Crippen molar-refractivity contribution in [1.82, 2.24) is 0 Å². The fourth-order valence-electron chi connectivity index (χ4n) is 8.49. The van der Waals surface area contributed by atoms with Gasteiger partial charge in [-0.05, 0) is 86.9 Å². The molecular weight excluding hydrogens is 488 g/mol. The Balaban J connectivity index is 1.07. The largest absolute Gasteiger partial charge is 0.412 e. The maximum Gasteiger partial charge on any atom is 0.412 e. The minimum atomic E-state index is -4.56. The fraction of sp³-hybridized carbons (Fsp3) is 0.939. The highest BCUT2D eigenvalue weighted by Gasteiger charge is 2.37. The lowest BCUT2D eigenvalue weighted by Crippen LogP contribution is -2.37. The van der Waals surface area contributed by atoms with Gasteiger partial charge in [0.25, 0.3) is 0 Å². The van der Waals surface area contributed by atoms with Crippen LogP contribution < -0.4 is 0 Å².